The number of aryl methyl sites for hydroxylation is 2. The minimum atomic E-state index is -0.694. The minimum Gasteiger partial charge on any atom is -0.350 e. The highest BCUT2D eigenvalue weighted by Gasteiger charge is 2.32. The molecule has 0 saturated carbocycles. The highest BCUT2D eigenvalue weighted by molar-refractivity contribution is 7.99. The van der Waals surface area contributed by atoms with Gasteiger partial charge in [0, 0.05) is 24.3 Å². The zero-order valence-corrected chi connectivity index (χ0v) is 25.0. The van der Waals surface area contributed by atoms with Crippen molar-refractivity contribution in [2.45, 2.75) is 64.9 Å². The molecule has 2 amide bonds. The van der Waals surface area contributed by atoms with E-state index in [1.54, 1.807) is 28.8 Å². The van der Waals surface area contributed by atoms with Gasteiger partial charge in [-0.3, -0.25) is 9.59 Å². The number of nitrogens with one attached hydrogen (secondary N) is 1. The second-order valence-electron chi connectivity index (χ2n) is 10.7. The molecule has 0 radical (unpaired) electrons. The van der Waals surface area contributed by atoms with Crippen LogP contribution in [0.5, 0.6) is 0 Å². The number of amides is 2. The van der Waals surface area contributed by atoms with Gasteiger partial charge in [0.05, 0.1) is 15.8 Å². The van der Waals surface area contributed by atoms with Gasteiger partial charge in [-0.2, -0.15) is 0 Å². The van der Waals surface area contributed by atoms with Gasteiger partial charge in [-0.15, -0.1) is 11.8 Å². The zero-order valence-electron chi connectivity index (χ0n) is 22.7. The average molecular weight is 572 g/mol. The molecule has 0 bridgehead atoms. The van der Waals surface area contributed by atoms with Crippen LogP contribution in [0.15, 0.2) is 66.7 Å². The van der Waals surface area contributed by atoms with Crippen LogP contribution in [-0.4, -0.2) is 34.0 Å². The van der Waals surface area contributed by atoms with E-state index in [9.17, 15) is 9.59 Å². The maximum absolute atomic E-state index is 13.8. The molecule has 0 aromatic heterocycles. The van der Waals surface area contributed by atoms with Crippen molar-refractivity contribution in [1.82, 2.24) is 10.2 Å². The van der Waals surface area contributed by atoms with Crippen molar-refractivity contribution in [2.75, 3.05) is 5.75 Å². The van der Waals surface area contributed by atoms with E-state index in [2.05, 4.69) is 37.4 Å². The lowest BCUT2D eigenvalue weighted by atomic mass is 10.0. The van der Waals surface area contributed by atoms with Crippen LogP contribution >= 0.6 is 35.0 Å². The smallest absolute Gasteiger partial charge is 0.243 e. The maximum Gasteiger partial charge on any atom is 0.243 e. The average Bonchev–Trinajstić information content (AvgIpc) is 2.82. The molecule has 0 heterocycles. The van der Waals surface area contributed by atoms with E-state index in [1.165, 1.54) is 16.7 Å². The van der Waals surface area contributed by atoms with Crippen LogP contribution < -0.4 is 5.32 Å². The van der Waals surface area contributed by atoms with Gasteiger partial charge in [-0.05, 0) is 63.4 Å². The first-order valence-corrected chi connectivity index (χ1v) is 14.6. The van der Waals surface area contributed by atoms with Gasteiger partial charge in [-0.1, -0.05) is 88.9 Å². The SMILES string of the molecule is Cc1cc(C)cc(CSCC(=O)N(Cc2ccc(Cl)c(Cl)c2)C(Cc2ccccc2)C(=O)NC(C)(C)C)c1. The van der Waals surface area contributed by atoms with Crippen LogP contribution in [0.4, 0.5) is 0 Å². The largest absolute Gasteiger partial charge is 0.350 e. The maximum atomic E-state index is 13.8. The predicted molar refractivity (Wildman–Crippen MR) is 161 cm³/mol. The Balaban J connectivity index is 1.90. The van der Waals surface area contributed by atoms with E-state index in [1.807, 2.05) is 57.2 Å². The molecule has 1 atom stereocenters. The van der Waals surface area contributed by atoms with Crippen LogP contribution in [-0.2, 0) is 28.3 Å². The molecule has 0 spiro atoms. The third-order valence-electron chi connectivity index (χ3n) is 5.88. The van der Waals surface area contributed by atoms with E-state index in [-0.39, 0.29) is 24.1 Å². The number of hydrogen-bond donors (Lipinski definition) is 1. The van der Waals surface area contributed by atoms with E-state index >= 15 is 0 Å². The van der Waals surface area contributed by atoms with Gasteiger partial charge in [0.1, 0.15) is 6.04 Å². The molecule has 7 heteroatoms. The molecule has 0 fully saturated rings. The van der Waals surface area contributed by atoms with Crippen LogP contribution in [0.3, 0.4) is 0 Å². The topological polar surface area (TPSA) is 49.4 Å². The first kappa shape index (κ1) is 30.1. The fourth-order valence-corrected chi connectivity index (χ4v) is 5.50. The third-order valence-corrected chi connectivity index (χ3v) is 7.61. The van der Waals surface area contributed by atoms with Gasteiger partial charge in [0.15, 0.2) is 0 Å². The Hall–Kier alpha value is -2.47. The molecular weight excluding hydrogens is 535 g/mol. The molecule has 202 valence electrons. The van der Waals surface area contributed by atoms with Crippen LogP contribution in [0.25, 0.3) is 0 Å². The molecule has 3 aromatic carbocycles. The molecule has 1 N–H and O–H groups in total. The Labute approximate surface area is 241 Å². The lowest BCUT2D eigenvalue weighted by Crippen LogP contribution is -2.54. The first-order valence-electron chi connectivity index (χ1n) is 12.7. The number of thioether (sulfide) groups is 1. The first-order chi connectivity index (χ1) is 17.9. The summed E-state index contributed by atoms with van der Waals surface area (Å²) in [6.45, 7) is 10.2. The van der Waals surface area contributed by atoms with Crippen LogP contribution in [0, 0.1) is 13.8 Å². The van der Waals surface area contributed by atoms with Crippen molar-refractivity contribution < 1.29 is 9.59 Å². The molecule has 0 aliphatic heterocycles. The fourth-order valence-electron chi connectivity index (χ4n) is 4.33. The number of benzene rings is 3. The number of nitrogens with zero attached hydrogens (tertiary/aromatic N) is 1. The molecule has 0 saturated heterocycles. The number of rotatable bonds is 10. The van der Waals surface area contributed by atoms with Gasteiger partial charge in [0.25, 0.3) is 0 Å². The molecule has 1 unspecified atom stereocenters. The molecule has 3 aromatic rings. The Bertz CT molecular complexity index is 1240. The summed E-state index contributed by atoms with van der Waals surface area (Å²) >= 11 is 14.0. The normalized spacial score (nSPS) is 12.2. The summed E-state index contributed by atoms with van der Waals surface area (Å²) in [5.74, 6) is 0.680. The van der Waals surface area contributed by atoms with Gasteiger partial charge < -0.3 is 10.2 Å². The molecule has 0 aliphatic carbocycles. The summed E-state index contributed by atoms with van der Waals surface area (Å²) in [6.07, 6.45) is 0.400. The highest BCUT2D eigenvalue weighted by Crippen LogP contribution is 2.25. The summed E-state index contributed by atoms with van der Waals surface area (Å²) in [6, 6.07) is 20.8. The van der Waals surface area contributed by atoms with Crippen molar-refractivity contribution >= 4 is 46.8 Å². The van der Waals surface area contributed by atoms with E-state index in [0.29, 0.717) is 22.2 Å². The van der Waals surface area contributed by atoms with Crippen molar-refractivity contribution in [3.05, 3.63) is 105 Å². The number of carbonyl (C=O) groups is 2. The standard InChI is InChI=1S/C31H36Cl2N2O2S/c1-21-13-22(2)15-25(14-21)19-38-20-29(36)35(18-24-11-12-26(32)27(33)16-24)28(30(37)34-31(3,4)5)17-23-9-7-6-8-10-23/h6-16,28H,17-20H2,1-5H3,(H,34,37). The number of carbonyl (C=O) groups excluding carboxylic acids is 2. The summed E-state index contributed by atoms with van der Waals surface area (Å²) in [5.41, 5.74) is 4.94. The van der Waals surface area contributed by atoms with Crippen molar-refractivity contribution in [2.24, 2.45) is 0 Å². The van der Waals surface area contributed by atoms with Gasteiger partial charge >= 0.3 is 0 Å². The number of halogens is 2. The van der Waals surface area contributed by atoms with Crippen molar-refractivity contribution in [3.8, 4) is 0 Å². The minimum absolute atomic E-state index is 0.101. The lowest BCUT2D eigenvalue weighted by Gasteiger charge is -2.34. The Kier molecular flexibility index (Phi) is 10.7. The van der Waals surface area contributed by atoms with Crippen molar-refractivity contribution in [1.29, 1.82) is 0 Å². The molecule has 0 aliphatic rings. The predicted octanol–water partition coefficient (Wildman–Crippen LogP) is 7.40. The monoisotopic (exact) mass is 570 g/mol. The Morgan fingerprint density at radius 2 is 1.53 bits per heavy atom. The fraction of sp³-hybridized carbons (Fsp3) is 0.355. The lowest BCUT2D eigenvalue weighted by molar-refractivity contribution is -0.140. The second kappa shape index (κ2) is 13.5. The molecule has 3 rings (SSSR count). The van der Waals surface area contributed by atoms with Gasteiger partial charge in [0.2, 0.25) is 11.8 Å². The summed E-state index contributed by atoms with van der Waals surface area (Å²) in [7, 11) is 0. The Morgan fingerprint density at radius 3 is 2.13 bits per heavy atom. The number of hydrogen-bond acceptors (Lipinski definition) is 3. The quantitative estimate of drug-likeness (QED) is 0.276. The van der Waals surface area contributed by atoms with Crippen LogP contribution in [0.1, 0.15) is 48.6 Å². The Morgan fingerprint density at radius 1 is 0.868 bits per heavy atom. The zero-order chi connectivity index (χ0) is 27.9. The second-order valence-corrected chi connectivity index (χ2v) is 12.5. The summed E-state index contributed by atoms with van der Waals surface area (Å²) in [5, 5.41) is 3.95. The van der Waals surface area contributed by atoms with Crippen LogP contribution in [0.2, 0.25) is 10.0 Å². The highest BCUT2D eigenvalue weighted by atomic mass is 35.5. The van der Waals surface area contributed by atoms with E-state index < -0.39 is 11.6 Å². The molecule has 38 heavy (non-hydrogen) atoms. The summed E-state index contributed by atoms with van der Waals surface area (Å²) in [4.78, 5) is 29.1. The van der Waals surface area contributed by atoms with E-state index in [0.717, 1.165) is 11.1 Å². The molecule has 4 nitrogen and oxygen atoms in total. The van der Waals surface area contributed by atoms with E-state index in [4.69, 9.17) is 23.2 Å². The molecular formula is C31H36Cl2N2O2S. The van der Waals surface area contributed by atoms with Crippen molar-refractivity contribution in [3.63, 3.8) is 0 Å². The third kappa shape index (κ3) is 9.37. The summed E-state index contributed by atoms with van der Waals surface area (Å²) < 4.78 is 0. The van der Waals surface area contributed by atoms with Gasteiger partial charge in [-0.25, -0.2) is 0 Å².